The minimum Gasteiger partial charge on any atom is -0.382 e. The highest BCUT2D eigenvalue weighted by Crippen LogP contribution is 2.27. The number of H-pyrrole nitrogens is 1. The van der Waals surface area contributed by atoms with E-state index in [-0.39, 0.29) is 11.8 Å². The standard InChI is InChI=1S/C23H23N7O/c24-21-20(22-29-17-6-1-2-7-18(17)30-22)28-19(13-26-21)15-4-3-5-16(12-15)27-23(31)14-8-10-25-11-9-14/h1-7,12-14,25H,8-11H2,(H2,24,26)(H,27,31)(H,29,30). The number of hydrogen-bond donors (Lipinski definition) is 4. The molecule has 1 aliphatic heterocycles. The Morgan fingerprint density at radius 1 is 1.06 bits per heavy atom. The zero-order valence-electron chi connectivity index (χ0n) is 16.9. The molecule has 5 rings (SSSR count). The summed E-state index contributed by atoms with van der Waals surface area (Å²) in [5, 5.41) is 6.32. The van der Waals surface area contributed by atoms with E-state index in [0.717, 1.165) is 48.2 Å². The number of benzene rings is 2. The number of rotatable bonds is 4. The predicted octanol–water partition coefficient (Wildman–Crippen LogP) is 3.21. The second-order valence-electron chi connectivity index (χ2n) is 7.69. The van der Waals surface area contributed by atoms with Gasteiger partial charge in [-0.15, -0.1) is 0 Å². The lowest BCUT2D eigenvalue weighted by atomic mass is 9.97. The highest BCUT2D eigenvalue weighted by atomic mass is 16.1. The third kappa shape index (κ3) is 3.97. The van der Waals surface area contributed by atoms with E-state index in [9.17, 15) is 4.79 Å². The number of aromatic nitrogens is 4. The second-order valence-corrected chi connectivity index (χ2v) is 7.69. The summed E-state index contributed by atoms with van der Waals surface area (Å²) in [5.74, 6) is 0.979. The molecule has 1 fully saturated rings. The molecule has 4 aromatic rings. The Kier molecular flexibility index (Phi) is 5.05. The Morgan fingerprint density at radius 3 is 2.74 bits per heavy atom. The number of piperidine rings is 1. The number of hydrogen-bond acceptors (Lipinski definition) is 6. The quantitative estimate of drug-likeness (QED) is 0.408. The summed E-state index contributed by atoms with van der Waals surface area (Å²) in [6.45, 7) is 1.76. The monoisotopic (exact) mass is 413 g/mol. The predicted molar refractivity (Wildman–Crippen MR) is 121 cm³/mol. The Labute approximate surface area is 179 Å². The van der Waals surface area contributed by atoms with E-state index in [2.05, 4.69) is 25.6 Å². The molecule has 31 heavy (non-hydrogen) atoms. The molecule has 2 aromatic carbocycles. The van der Waals surface area contributed by atoms with Gasteiger partial charge in [-0.05, 0) is 50.2 Å². The smallest absolute Gasteiger partial charge is 0.227 e. The molecule has 0 radical (unpaired) electrons. The summed E-state index contributed by atoms with van der Waals surface area (Å²) < 4.78 is 0. The van der Waals surface area contributed by atoms with Crippen molar-refractivity contribution in [2.75, 3.05) is 24.1 Å². The molecule has 8 nitrogen and oxygen atoms in total. The van der Waals surface area contributed by atoms with E-state index < -0.39 is 0 Å². The number of anilines is 2. The molecule has 0 aliphatic carbocycles. The maximum Gasteiger partial charge on any atom is 0.227 e. The lowest BCUT2D eigenvalue weighted by Crippen LogP contribution is -2.34. The van der Waals surface area contributed by atoms with Gasteiger partial charge in [0.1, 0.15) is 5.69 Å². The largest absolute Gasteiger partial charge is 0.382 e. The van der Waals surface area contributed by atoms with Crippen molar-refractivity contribution in [1.29, 1.82) is 0 Å². The number of carbonyl (C=O) groups excluding carboxylic acids is 1. The highest BCUT2D eigenvalue weighted by molar-refractivity contribution is 5.93. The number of nitrogen functional groups attached to an aromatic ring is 1. The highest BCUT2D eigenvalue weighted by Gasteiger charge is 2.21. The van der Waals surface area contributed by atoms with E-state index in [4.69, 9.17) is 10.7 Å². The molecular formula is C23H23N7O. The van der Waals surface area contributed by atoms with Crippen molar-refractivity contribution in [2.45, 2.75) is 12.8 Å². The number of nitrogens with two attached hydrogens (primary N) is 1. The number of carbonyl (C=O) groups is 1. The number of amides is 1. The molecule has 0 unspecified atom stereocenters. The summed E-state index contributed by atoms with van der Waals surface area (Å²) in [6.07, 6.45) is 3.35. The van der Waals surface area contributed by atoms with Crippen LogP contribution in [0.3, 0.4) is 0 Å². The van der Waals surface area contributed by atoms with Crippen molar-refractivity contribution in [1.82, 2.24) is 25.3 Å². The van der Waals surface area contributed by atoms with Crippen LogP contribution in [0.1, 0.15) is 12.8 Å². The lowest BCUT2D eigenvalue weighted by molar-refractivity contribution is -0.120. The number of nitrogens with one attached hydrogen (secondary N) is 3. The minimum absolute atomic E-state index is 0.0425. The zero-order chi connectivity index (χ0) is 21.2. The first-order valence-electron chi connectivity index (χ1n) is 10.4. The molecule has 0 atom stereocenters. The lowest BCUT2D eigenvalue weighted by Gasteiger charge is -2.21. The summed E-state index contributed by atoms with van der Waals surface area (Å²) >= 11 is 0. The van der Waals surface area contributed by atoms with Crippen molar-refractivity contribution in [3.63, 3.8) is 0 Å². The van der Waals surface area contributed by atoms with Gasteiger partial charge in [-0.2, -0.15) is 0 Å². The van der Waals surface area contributed by atoms with Crippen LogP contribution in [0.25, 0.3) is 33.8 Å². The maximum atomic E-state index is 12.6. The first kappa shape index (κ1) is 19.2. The van der Waals surface area contributed by atoms with Gasteiger partial charge in [0.15, 0.2) is 11.6 Å². The van der Waals surface area contributed by atoms with Gasteiger partial charge in [-0.3, -0.25) is 4.79 Å². The van der Waals surface area contributed by atoms with E-state index in [0.29, 0.717) is 23.0 Å². The van der Waals surface area contributed by atoms with Crippen LogP contribution in [0, 0.1) is 5.92 Å². The molecule has 1 aliphatic rings. The SMILES string of the molecule is Nc1ncc(-c2cccc(NC(=O)C3CCNCC3)c2)nc1-c1nc2ccccc2[nH]1. The Balaban J connectivity index is 1.43. The molecule has 2 aromatic heterocycles. The van der Waals surface area contributed by atoms with Crippen LogP contribution in [0.5, 0.6) is 0 Å². The molecule has 3 heterocycles. The van der Waals surface area contributed by atoms with Crippen LogP contribution >= 0.6 is 0 Å². The fourth-order valence-corrected chi connectivity index (χ4v) is 3.86. The normalized spacial score (nSPS) is 14.6. The summed E-state index contributed by atoms with van der Waals surface area (Å²) in [4.78, 5) is 29.5. The van der Waals surface area contributed by atoms with Crippen LogP contribution in [-0.2, 0) is 4.79 Å². The average Bonchev–Trinajstić information content (AvgIpc) is 3.24. The van der Waals surface area contributed by atoms with Crippen molar-refractivity contribution < 1.29 is 4.79 Å². The summed E-state index contributed by atoms with van der Waals surface area (Å²) in [6, 6.07) is 15.4. The van der Waals surface area contributed by atoms with Crippen LogP contribution in [-0.4, -0.2) is 38.9 Å². The molecule has 5 N–H and O–H groups in total. The van der Waals surface area contributed by atoms with Gasteiger partial charge in [0, 0.05) is 17.2 Å². The number of para-hydroxylation sites is 2. The van der Waals surface area contributed by atoms with Gasteiger partial charge in [0.25, 0.3) is 0 Å². The van der Waals surface area contributed by atoms with E-state index >= 15 is 0 Å². The minimum atomic E-state index is 0.0425. The van der Waals surface area contributed by atoms with Gasteiger partial charge >= 0.3 is 0 Å². The Hall–Kier alpha value is -3.78. The molecule has 1 saturated heterocycles. The number of nitrogens with zero attached hydrogens (tertiary/aromatic N) is 3. The second kappa shape index (κ2) is 8.16. The summed E-state index contributed by atoms with van der Waals surface area (Å²) in [7, 11) is 0. The summed E-state index contributed by atoms with van der Waals surface area (Å²) in [5.41, 5.74) is 10.6. The fourth-order valence-electron chi connectivity index (χ4n) is 3.86. The first-order chi connectivity index (χ1) is 15.2. The fraction of sp³-hybridized carbons (Fsp3) is 0.217. The molecule has 1 amide bonds. The van der Waals surface area contributed by atoms with Crippen molar-refractivity contribution in [3.05, 3.63) is 54.7 Å². The van der Waals surface area contributed by atoms with Gasteiger partial charge in [-0.1, -0.05) is 24.3 Å². The van der Waals surface area contributed by atoms with Crippen molar-refractivity contribution >= 4 is 28.4 Å². The number of imidazole rings is 1. The Morgan fingerprint density at radius 2 is 1.90 bits per heavy atom. The third-order valence-corrected chi connectivity index (χ3v) is 5.55. The molecule has 0 bridgehead atoms. The number of aromatic amines is 1. The van der Waals surface area contributed by atoms with E-state index in [1.54, 1.807) is 6.20 Å². The zero-order valence-corrected chi connectivity index (χ0v) is 16.9. The first-order valence-corrected chi connectivity index (χ1v) is 10.4. The van der Waals surface area contributed by atoms with Gasteiger partial charge in [-0.25, -0.2) is 15.0 Å². The van der Waals surface area contributed by atoms with Gasteiger partial charge < -0.3 is 21.4 Å². The van der Waals surface area contributed by atoms with E-state index in [1.165, 1.54) is 0 Å². The molecule has 156 valence electrons. The maximum absolute atomic E-state index is 12.6. The van der Waals surface area contributed by atoms with Crippen LogP contribution < -0.4 is 16.4 Å². The number of fused-ring (bicyclic) bond motifs is 1. The third-order valence-electron chi connectivity index (χ3n) is 5.55. The molecule has 0 spiro atoms. The van der Waals surface area contributed by atoms with E-state index in [1.807, 2.05) is 48.5 Å². The Bertz CT molecular complexity index is 1210. The van der Waals surface area contributed by atoms with Crippen LogP contribution in [0.2, 0.25) is 0 Å². The molecule has 8 heteroatoms. The van der Waals surface area contributed by atoms with Gasteiger partial charge in [0.05, 0.1) is 22.9 Å². The average molecular weight is 413 g/mol. The van der Waals surface area contributed by atoms with Crippen molar-refractivity contribution in [3.8, 4) is 22.8 Å². The van der Waals surface area contributed by atoms with Gasteiger partial charge in [0.2, 0.25) is 5.91 Å². The van der Waals surface area contributed by atoms with Crippen molar-refractivity contribution in [2.24, 2.45) is 5.92 Å². The molecule has 0 saturated carbocycles. The van der Waals surface area contributed by atoms with Crippen LogP contribution in [0.4, 0.5) is 11.5 Å². The molecular weight excluding hydrogens is 390 g/mol. The topological polar surface area (TPSA) is 122 Å². The van der Waals surface area contributed by atoms with Crippen LogP contribution in [0.15, 0.2) is 54.7 Å².